The summed E-state index contributed by atoms with van der Waals surface area (Å²) < 4.78 is 1.07. The van der Waals surface area contributed by atoms with Crippen molar-refractivity contribution in [2.75, 3.05) is 5.73 Å². The summed E-state index contributed by atoms with van der Waals surface area (Å²) in [6.07, 6.45) is 0. The quantitative estimate of drug-likeness (QED) is 0.677. The molecule has 0 radical (unpaired) electrons. The Balaban J connectivity index is 3.12. The molecule has 38 valence electrons. The van der Waals surface area contributed by atoms with Crippen molar-refractivity contribution in [2.24, 2.45) is 0 Å². The molecule has 2 N–H and O–H groups in total. The molecule has 0 aliphatic carbocycles. The molecule has 0 fully saturated rings. The molecule has 0 bridgehead atoms. The van der Waals surface area contributed by atoms with Crippen LogP contribution in [0.1, 0.15) is 0 Å². The van der Waals surface area contributed by atoms with Crippen molar-refractivity contribution in [1.29, 1.82) is 0 Å². The first-order valence-electron chi connectivity index (χ1n) is 1.65. The smallest absolute Gasteiger partial charge is 0.148 e. The van der Waals surface area contributed by atoms with Gasteiger partial charge in [-0.1, -0.05) is 0 Å². The molecule has 0 saturated carbocycles. The Hall–Kier alpha value is 0.160. The lowest BCUT2D eigenvalue weighted by molar-refractivity contribution is 1.42. The van der Waals surface area contributed by atoms with Crippen LogP contribution in [0.4, 0.5) is 5.82 Å². The van der Waals surface area contributed by atoms with Crippen LogP contribution in [0, 0.1) is 2.88 Å². The Kier molecular flexibility index (Phi) is 1.48. The van der Waals surface area contributed by atoms with E-state index in [1.807, 2.05) is 0 Å². The average molecular weight is 226 g/mol. The van der Waals surface area contributed by atoms with Crippen LogP contribution in [0.15, 0.2) is 5.51 Å². The van der Waals surface area contributed by atoms with Gasteiger partial charge in [0.05, 0.1) is 5.51 Å². The van der Waals surface area contributed by atoms with E-state index in [0.717, 1.165) is 2.88 Å². The van der Waals surface area contributed by atoms with Crippen LogP contribution in [0.2, 0.25) is 0 Å². The summed E-state index contributed by atoms with van der Waals surface area (Å²) >= 11 is 3.71. The summed E-state index contributed by atoms with van der Waals surface area (Å²) in [6.45, 7) is 0. The third kappa shape index (κ3) is 1.03. The Morgan fingerprint density at radius 2 is 2.57 bits per heavy atom. The fraction of sp³-hybridized carbons (Fsp3) is 0. The van der Waals surface area contributed by atoms with Crippen molar-refractivity contribution in [3.05, 3.63) is 8.39 Å². The van der Waals surface area contributed by atoms with Crippen LogP contribution in [0.25, 0.3) is 0 Å². The van der Waals surface area contributed by atoms with Gasteiger partial charge in [0, 0.05) is 0 Å². The maximum Gasteiger partial charge on any atom is 0.148 e. The van der Waals surface area contributed by atoms with Crippen LogP contribution in [0.3, 0.4) is 0 Å². The first-order chi connectivity index (χ1) is 3.30. The highest BCUT2D eigenvalue weighted by atomic mass is 127. The predicted molar refractivity (Wildman–Crippen MR) is 39.2 cm³/mol. The summed E-state index contributed by atoms with van der Waals surface area (Å²) in [7, 11) is 0. The fourth-order valence-electron chi connectivity index (χ4n) is 0.241. The summed E-state index contributed by atoms with van der Waals surface area (Å²) in [4.78, 5) is 3.80. The average Bonchev–Trinajstić information content (AvgIpc) is 1.91. The second-order valence-corrected chi connectivity index (χ2v) is 3.68. The third-order valence-electron chi connectivity index (χ3n) is 0.549. The molecular formula is C3H3IN2S. The lowest BCUT2D eigenvalue weighted by Gasteiger charge is -1.76. The van der Waals surface area contributed by atoms with E-state index in [1.165, 1.54) is 0 Å². The Morgan fingerprint density at radius 3 is 2.71 bits per heavy atom. The van der Waals surface area contributed by atoms with Gasteiger partial charge in [-0.05, 0) is 22.6 Å². The molecular weight excluding hydrogens is 223 g/mol. The Bertz CT molecular complexity index is 145. The normalized spacial score (nSPS) is 9.29. The van der Waals surface area contributed by atoms with Crippen molar-refractivity contribution in [1.82, 2.24) is 4.98 Å². The molecule has 0 aliphatic heterocycles. The van der Waals surface area contributed by atoms with E-state index in [4.69, 9.17) is 5.73 Å². The minimum atomic E-state index is 0.644. The number of hydrogen-bond acceptors (Lipinski definition) is 3. The topological polar surface area (TPSA) is 38.9 Å². The number of nitrogen functional groups attached to an aromatic ring is 1. The first kappa shape index (κ1) is 5.30. The minimum Gasteiger partial charge on any atom is -0.382 e. The van der Waals surface area contributed by atoms with E-state index in [0.29, 0.717) is 5.82 Å². The second-order valence-electron chi connectivity index (χ2n) is 1.01. The molecule has 1 rings (SSSR count). The first-order valence-corrected chi connectivity index (χ1v) is 3.61. The van der Waals surface area contributed by atoms with Gasteiger partial charge in [0.15, 0.2) is 0 Å². The summed E-state index contributed by atoms with van der Waals surface area (Å²) in [6, 6.07) is 0. The Labute approximate surface area is 58.9 Å². The van der Waals surface area contributed by atoms with Crippen LogP contribution >= 0.6 is 33.9 Å². The number of hydrogen-bond donors (Lipinski definition) is 1. The standard InChI is InChI=1S/C3H3IN2S/c4-2-3(5)6-1-7-2/h1H,5H2. The number of aromatic nitrogens is 1. The van der Waals surface area contributed by atoms with Gasteiger partial charge < -0.3 is 5.73 Å². The number of thiazole rings is 1. The van der Waals surface area contributed by atoms with Crippen molar-refractivity contribution in [3.63, 3.8) is 0 Å². The lowest BCUT2D eigenvalue weighted by Crippen LogP contribution is -1.83. The van der Waals surface area contributed by atoms with Crippen LogP contribution in [-0.2, 0) is 0 Å². The highest BCUT2D eigenvalue weighted by Crippen LogP contribution is 2.16. The minimum absolute atomic E-state index is 0.644. The zero-order valence-corrected chi connectivity index (χ0v) is 6.36. The maximum absolute atomic E-state index is 5.33. The summed E-state index contributed by atoms with van der Waals surface area (Å²) in [5.41, 5.74) is 7.06. The monoisotopic (exact) mass is 226 g/mol. The molecule has 4 heteroatoms. The molecule has 0 saturated heterocycles. The van der Waals surface area contributed by atoms with Gasteiger partial charge in [0.25, 0.3) is 0 Å². The van der Waals surface area contributed by atoms with Gasteiger partial charge in [-0.3, -0.25) is 0 Å². The van der Waals surface area contributed by atoms with Crippen molar-refractivity contribution in [3.8, 4) is 0 Å². The molecule has 1 heterocycles. The summed E-state index contributed by atoms with van der Waals surface area (Å²) in [5.74, 6) is 0.644. The lowest BCUT2D eigenvalue weighted by atomic mass is 10.9. The molecule has 0 aliphatic rings. The molecule has 0 unspecified atom stereocenters. The van der Waals surface area contributed by atoms with E-state index in [2.05, 4.69) is 27.6 Å². The molecule has 0 amide bonds. The van der Waals surface area contributed by atoms with Crippen LogP contribution in [0.5, 0.6) is 0 Å². The van der Waals surface area contributed by atoms with E-state index in [1.54, 1.807) is 16.8 Å². The van der Waals surface area contributed by atoms with Crippen LogP contribution in [-0.4, -0.2) is 4.98 Å². The predicted octanol–water partition coefficient (Wildman–Crippen LogP) is 1.33. The highest BCUT2D eigenvalue weighted by Gasteiger charge is 1.92. The molecule has 7 heavy (non-hydrogen) atoms. The second kappa shape index (κ2) is 1.95. The third-order valence-corrected chi connectivity index (χ3v) is 2.49. The van der Waals surface area contributed by atoms with E-state index >= 15 is 0 Å². The van der Waals surface area contributed by atoms with E-state index in [-0.39, 0.29) is 0 Å². The van der Waals surface area contributed by atoms with Gasteiger partial charge in [-0.25, -0.2) is 4.98 Å². The molecule has 0 aromatic carbocycles. The number of nitrogens with two attached hydrogens (primary N) is 1. The van der Waals surface area contributed by atoms with Gasteiger partial charge in [-0.15, -0.1) is 11.3 Å². The Morgan fingerprint density at radius 1 is 1.86 bits per heavy atom. The van der Waals surface area contributed by atoms with Gasteiger partial charge in [0.1, 0.15) is 8.70 Å². The maximum atomic E-state index is 5.33. The van der Waals surface area contributed by atoms with Gasteiger partial charge in [0.2, 0.25) is 0 Å². The molecule has 0 spiro atoms. The molecule has 1 aromatic rings. The van der Waals surface area contributed by atoms with Gasteiger partial charge in [-0.2, -0.15) is 0 Å². The number of halogens is 1. The molecule has 2 nitrogen and oxygen atoms in total. The zero-order valence-electron chi connectivity index (χ0n) is 3.39. The van der Waals surface area contributed by atoms with E-state index < -0.39 is 0 Å². The molecule has 1 aromatic heterocycles. The largest absolute Gasteiger partial charge is 0.382 e. The summed E-state index contributed by atoms with van der Waals surface area (Å²) in [5, 5.41) is 0. The number of nitrogens with zero attached hydrogens (tertiary/aromatic N) is 1. The van der Waals surface area contributed by atoms with Crippen LogP contribution < -0.4 is 5.73 Å². The molecule has 0 atom stereocenters. The van der Waals surface area contributed by atoms with Crippen molar-refractivity contribution in [2.45, 2.75) is 0 Å². The van der Waals surface area contributed by atoms with Crippen molar-refractivity contribution < 1.29 is 0 Å². The zero-order chi connectivity index (χ0) is 5.28. The fourth-order valence-corrected chi connectivity index (χ4v) is 1.15. The SMILES string of the molecule is Nc1ncsc1I. The van der Waals surface area contributed by atoms with Gasteiger partial charge >= 0.3 is 0 Å². The highest BCUT2D eigenvalue weighted by molar-refractivity contribution is 14.1. The number of anilines is 1. The van der Waals surface area contributed by atoms with Crippen molar-refractivity contribution >= 4 is 39.7 Å². The number of rotatable bonds is 0. The van der Waals surface area contributed by atoms with E-state index in [9.17, 15) is 0 Å².